The summed E-state index contributed by atoms with van der Waals surface area (Å²) in [6, 6.07) is 12.8. The Morgan fingerprint density at radius 1 is 1.26 bits per heavy atom. The number of nitrogens with one attached hydrogen (secondary N) is 1. The van der Waals surface area contributed by atoms with Crippen molar-refractivity contribution in [3.8, 4) is 11.8 Å². The van der Waals surface area contributed by atoms with Gasteiger partial charge in [-0.15, -0.1) is 0 Å². The van der Waals surface area contributed by atoms with Gasteiger partial charge in [0.15, 0.2) is 0 Å². The number of phenols is 1. The number of anilines is 1. The van der Waals surface area contributed by atoms with E-state index in [0.717, 1.165) is 31.3 Å². The van der Waals surface area contributed by atoms with Gasteiger partial charge in [0.05, 0.1) is 0 Å². The van der Waals surface area contributed by atoms with Crippen molar-refractivity contribution in [2.75, 3.05) is 32.5 Å². The van der Waals surface area contributed by atoms with Crippen molar-refractivity contribution < 1.29 is 9.90 Å². The number of carbonyl (C=O) groups is 1. The number of aromatic hydroxyl groups is 1. The van der Waals surface area contributed by atoms with E-state index < -0.39 is 5.91 Å². The standard InChI is InChI=1S/C21H24N4O2/c1-24-11-9-16(10-12-24)25(2)14-15(13-22)21(27)23-19-7-3-6-18-17(19)5-4-8-20(18)26/h3-8,14,16,26H,9-12H2,1-2H3,(H,23,27)/b15-14-. The van der Waals surface area contributed by atoms with Crippen LogP contribution in [0.3, 0.4) is 0 Å². The number of hydrogen-bond acceptors (Lipinski definition) is 5. The van der Waals surface area contributed by atoms with E-state index in [1.807, 2.05) is 24.1 Å². The molecule has 2 N–H and O–H groups in total. The Morgan fingerprint density at radius 3 is 2.63 bits per heavy atom. The first-order chi connectivity index (χ1) is 13.0. The van der Waals surface area contributed by atoms with Gasteiger partial charge in [0, 0.05) is 35.7 Å². The van der Waals surface area contributed by atoms with Crippen LogP contribution < -0.4 is 5.32 Å². The number of benzene rings is 2. The lowest BCUT2D eigenvalue weighted by atomic mass is 10.0. The molecular weight excluding hydrogens is 340 g/mol. The zero-order valence-corrected chi connectivity index (χ0v) is 15.6. The molecule has 1 aliphatic heterocycles. The van der Waals surface area contributed by atoms with Crippen LogP contribution in [0.25, 0.3) is 10.8 Å². The van der Waals surface area contributed by atoms with Crippen molar-refractivity contribution in [2.45, 2.75) is 18.9 Å². The van der Waals surface area contributed by atoms with Gasteiger partial charge in [-0.05, 0) is 45.1 Å². The number of amides is 1. The number of nitriles is 1. The minimum absolute atomic E-state index is 0.0635. The summed E-state index contributed by atoms with van der Waals surface area (Å²) < 4.78 is 0. The number of rotatable bonds is 4. The second-order valence-electron chi connectivity index (χ2n) is 6.99. The molecule has 0 aliphatic carbocycles. The third-order valence-electron chi connectivity index (χ3n) is 5.11. The van der Waals surface area contributed by atoms with E-state index in [0.29, 0.717) is 17.1 Å². The van der Waals surface area contributed by atoms with Gasteiger partial charge in [0.2, 0.25) is 0 Å². The number of carbonyl (C=O) groups excluding carboxylic acids is 1. The number of phenolic OH excluding ortho intramolecular Hbond substituents is 1. The monoisotopic (exact) mass is 364 g/mol. The summed E-state index contributed by atoms with van der Waals surface area (Å²) in [6.45, 7) is 2.02. The van der Waals surface area contributed by atoms with E-state index in [9.17, 15) is 15.2 Å². The molecule has 0 unspecified atom stereocenters. The van der Waals surface area contributed by atoms with Gasteiger partial charge in [-0.25, -0.2) is 0 Å². The number of likely N-dealkylation sites (tertiary alicyclic amines) is 1. The fourth-order valence-corrected chi connectivity index (χ4v) is 3.44. The van der Waals surface area contributed by atoms with Gasteiger partial charge in [0.1, 0.15) is 17.4 Å². The fourth-order valence-electron chi connectivity index (χ4n) is 3.44. The Balaban J connectivity index is 1.78. The molecule has 0 bridgehead atoms. The third kappa shape index (κ3) is 4.21. The van der Waals surface area contributed by atoms with Crippen LogP contribution >= 0.6 is 0 Å². The molecule has 1 amide bonds. The maximum absolute atomic E-state index is 12.6. The minimum Gasteiger partial charge on any atom is -0.507 e. The van der Waals surface area contributed by atoms with E-state index >= 15 is 0 Å². The number of piperidine rings is 1. The molecule has 6 nitrogen and oxygen atoms in total. The summed E-state index contributed by atoms with van der Waals surface area (Å²) in [4.78, 5) is 16.9. The molecule has 0 radical (unpaired) electrons. The predicted molar refractivity (Wildman–Crippen MR) is 106 cm³/mol. The van der Waals surface area contributed by atoms with Crippen molar-refractivity contribution in [3.63, 3.8) is 0 Å². The lowest BCUT2D eigenvalue weighted by Crippen LogP contribution is -2.40. The van der Waals surface area contributed by atoms with Crippen LogP contribution in [0.2, 0.25) is 0 Å². The summed E-state index contributed by atoms with van der Waals surface area (Å²) in [6.07, 6.45) is 3.65. The number of nitrogens with zero attached hydrogens (tertiary/aromatic N) is 3. The van der Waals surface area contributed by atoms with Crippen LogP contribution in [0.1, 0.15) is 12.8 Å². The molecule has 3 rings (SSSR count). The summed E-state index contributed by atoms with van der Waals surface area (Å²) in [5, 5.41) is 23.6. The highest BCUT2D eigenvalue weighted by atomic mass is 16.3. The Labute approximate surface area is 159 Å². The van der Waals surface area contributed by atoms with Crippen molar-refractivity contribution in [2.24, 2.45) is 0 Å². The second-order valence-corrected chi connectivity index (χ2v) is 6.99. The highest BCUT2D eigenvalue weighted by Crippen LogP contribution is 2.30. The Kier molecular flexibility index (Phi) is 5.63. The van der Waals surface area contributed by atoms with Gasteiger partial charge < -0.3 is 20.2 Å². The van der Waals surface area contributed by atoms with Crippen molar-refractivity contribution >= 4 is 22.4 Å². The zero-order valence-electron chi connectivity index (χ0n) is 15.6. The number of hydrogen-bond donors (Lipinski definition) is 2. The van der Waals surface area contributed by atoms with E-state index in [-0.39, 0.29) is 11.3 Å². The predicted octanol–water partition coefficient (Wildman–Crippen LogP) is 2.92. The molecule has 2 aromatic rings. The fraction of sp³-hybridized carbons (Fsp3) is 0.333. The smallest absolute Gasteiger partial charge is 0.267 e. The molecule has 140 valence electrons. The molecule has 0 atom stereocenters. The van der Waals surface area contributed by atoms with Gasteiger partial charge in [-0.3, -0.25) is 4.79 Å². The number of fused-ring (bicyclic) bond motifs is 1. The lowest BCUT2D eigenvalue weighted by molar-refractivity contribution is -0.112. The van der Waals surface area contributed by atoms with E-state index in [2.05, 4.69) is 17.3 Å². The summed E-state index contributed by atoms with van der Waals surface area (Å²) in [7, 11) is 4.01. The van der Waals surface area contributed by atoms with Crippen molar-refractivity contribution in [3.05, 3.63) is 48.2 Å². The van der Waals surface area contributed by atoms with Crippen LogP contribution in [0.5, 0.6) is 5.75 Å². The van der Waals surface area contributed by atoms with Gasteiger partial charge >= 0.3 is 0 Å². The SMILES string of the molecule is CN1CCC(N(C)/C=C(/C#N)C(=O)Nc2cccc3c(O)cccc23)CC1. The molecule has 1 fully saturated rings. The molecule has 0 aromatic heterocycles. The minimum atomic E-state index is -0.451. The molecule has 2 aromatic carbocycles. The Bertz CT molecular complexity index is 908. The maximum Gasteiger partial charge on any atom is 0.267 e. The largest absolute Gasteiger partial charge is 0.507 e. The normalized spacial score (nSPS) is 16.1. The van der Waals surface area contributed by atoms with Crippen molar-refractivity contribution in [1.82, 2.24) is 9.80 Å². The highest BCUT2D eigenvalue weighted by molar-refractivity contribution is 6.11. The average molecular weight is 364 g/mol. The quantitative estimate of drug-likeness (QED) is 0.644. The molecule has 27 heavy (non-hydrogen) atoms. The van der Waals surface area contributed by atoms with Crippen LogP contribution in [0.15, 0.2) is 48.2 Å². The molecular formula is C21H24N4O2. The zero-order chi connectivity index (χ0) is 19.4. The van der Waals surface area contributed by atoms with Crippen LogP contribution in [-0.4, -0.2) is 54.0 Å². The van der Waals surface area contributed by atoms with E-state index in [4.69, 9.17) is 0 Å². The first-order valence-electron chi connectivity index (χ1n) is 9.04. The average Bonchev–Trinajstić information content (AvgIpc) is 2.67. The molecule has 0 saturated carbocycles. The van der Waals surface area contributed by atoms with Crippen molar-refractivity contribution in [1.29, 1.82) is 5.26 Å². The Hall–Kier alpha value is -3.04. The first kappa shape index (κ1) is 18.7. The first-order valence-corrected chi connectivity index (χ1v) is 9.04. The molecule has 1 heterocycles. The summed E-state index contributed by atoms with van der Waals surface area (Å²) in [5.74, 6) is -0.297. The van der Waals surface area contributed by atoms with E-state index in [1.165, 1.54) is 0 Å². The van der Waals surface area contributed by atoms with Crippen LogP contribution in [-0.2, 0) is 4.79 Å². The maximum atomic E-state index is 12.6. The lowest BCUT2D eigenvalue weighted by Gasteiger charge is -2.34. The summed E-state index contributed by atoms with van der Waals surface area (Å²) >= 11 is 0. The third-order valence-corrected chi connectivity index (χ3v) is 5.11. The van der Waals surface area contributed by atoms with Gasteiger partial charge in [-0.1, -0.05) is 24.3 Å². The van der Waals surface area contributed by atoms with Gasteiger partial charge in [-0.2, -0.15) is 5.26 Å². The molecule has 1 aliphatic rings. The molecule has 0 spiro atoms. The molecule has 1 saturated heterocycles. The van der Waals surface area contributed by atoms with Crippen LogP contribution in [0, 0.1) is 11.3 Å². The highest BCUT2D eigenvalue weighted by Gasteiger charge is 2.20. The molecule has 6 heteroatoms. The van der Waals surface area contributed by atoms with Gasteiger partial charge in [0.25, 0.3) is 5.91 Å². The Morgan fingerprint density at radius 2 is 1.93 bits per heavy atom. The van der Waals surface area contributed by atoms with E-state index in [1.54, 1.807) is 36.5 Å². The summed E-state index contributed by atoms with van der Waals surface area (Å²) in [5.41, 5.74) is 0.630. The topological polar surface area (TPSA) is 79.6 Å². The second kappa shape index (κ2) is 8.11. The van der Waals surface area contributed by atoms with Crippen LogP contribution in [0.4, 0.5) is 5.69 Å².